The highest BCUT2D eigenvalue weighted by molar-refractivity contribution is 5.95. The minimum absolute atomic E-state index is 0.0661. The van der Waals surface area contributed by atoms with E-state index in [4.69, 9.17) is 10.5 Å². The quantitative estimate of drug-likeness (QED) is 0.633. The van der Waals surface area contributed by atoms with Gasteiger partial charge in [-0.3, -0.25) is 4.79 Å². The largest absolute Gasteiger partial charge is 0.492 e. The lowest BCUT2D eigenvalue weighted by Gasteiger charge is -2.10. The van der Waals surface area contributed by atoms with Crippen molar-refractivity contribution in [3.8, 4) is 5.75 Å². The van der Waals surface area contributed by atoms with Gasteiger partial charge in [0, 0.05) is 17.3 Å². The number of ether oxygens (including phenoxy) is 1. The van der Waals surface area contributed by atoms with Crippen LogP contribution in [0.2, 0.25) is 0 Å². The summed E-state index contributed by atoms with van der Waals surface area (Å²) in [7, 11) is 0. The van der Waals surface area contributed by atoms with Crippen molar-refractivity contribution >= 4 is 11.6 Å². The molecule has 0 aliphatic rings. The van der Waals surface area contributed by atoms with Gasteiger partial charge in [0.2, 0.25) is 0 Å². The molecule has 0 aliphatic heterocycles. The molecule has 0 saturated heterocycles. The number of carbonyl (C=O) groups is 1. The molecule has 0 aliphatic carbocycles. The summed E-state index contributed by atoms with van der Waals surface area (Å²) < 4.78 is 5.53. The molecule has 4 heteroatoms. The number of amides is 1. The zero-order chi connectivity index (χ0) is 15.1. The molecule has 0 heterocycles. The number of nitrogens with two attached hydrogens (primary N) is 1. The van der Waals surface area contributed by atoms with E-state index >= 15 is 0 Å². The Bertz CT molecular complexity index is 611. The Morgan fingerprint density at radius 1 is 1.19 bits per heavy atom. The van der Waals surface area contributed by atoms with Crippen molar-refractivity contribution in [2.45, 2.75) is 13.3 Å². The number of carbonyl (C=O) groups excluding carboxylic acids is 1. The van der Waals surface area contributed by atoms with E-state index in [1.807, 2.05) is 43.3 Å². The van der Waals surface area contributed by atoms with Crippen LogP contribution in [0.1, 0.15) is 22.8 Å². The van der Waals surface area contributed by atoms with Crippen molar-refractivity contribution in [2.75, 3.05) is 18.9 Å². The molecule has 0 unspecified atom stereocenters. The second-order valence-electron chi connectivity index (χ2n) is 4.69. The summed E-state index contributed by atoms with van der Waals surface area (Å²) in [6, 6.07) is 14.9. The molecule has 0 fully saturated rings. The first kappa shape index (κ1) is 14.9. The van der Waals surface area contributed by atoms with Gasteiger partial charge in [-0.1, -0.05) is 31.2 Å². The van der Waals surface area contributed by atoms with Crippen LogP contribution in [-0.4, -0.2) is 19.1 Å². The maximum Gasteiger partial charge on any atom is 0.251 e. The number of anilines is 1. The molecule has 21 heavy (non-hydrogen) atoms. The molecular weight excluding hydrogens is 264 g/mol. The van der Waals surface area contributed by atoms with Crippen molar-refractivity contribution in [3.63, 3.8) is 0 Å². The number of hydrogen-bond donors (Lipinski definition) is 2. The Kier molecular flexibility index (Phi) is 5.21. The molecule has 0 atom stereocenters. The van der Waals surface area contributed by atoms with Gasteiger partial charge in [0.1, 0.15) is 12.4 Å². The Hall–Kier alpha value is -2.49. The third kappa shape index (κ3) is 4.24. The van der Waals surface area contributed by atoms with Crippen LogP contribution in [0.15, 0.2) is 48.5 Å². The summed E-state index contributed by atoms with van der Waals surface area (Å²) in [6.45, 7) is 2.89. The molecule has 2 aromatic rings. The minimum Gasteiger partial charge on any atom is -0.492 e. The molecule has 2 aromatic carbocycles. The van der Waals surface area contributed by atoms with E-state index in [2.05, 4.69) is 5.32 Å². The highest BCUT2D eigenvalue weighted by Gasteiger charge is 2.08. The molecule has 2 rings (SSSR count). The summed E-state index contributed by atoms with van der Waals surface area (Å²) in [5.74, 6) is 0.641. The van der Waals surface area contributed by atoms with E-state index in [9.17, 15) is 4.79 Å². The molecule has 0 bridgehead atoms. The number of hydrogen-bond acceptors (Lipinski definition) is 3. The monoisotopic (exact) mass is 284 g/mol. The first-order valence-corrected chi connectivity index (χ1v) is 7.05. The molecule has 1 amide bonds. The van der Waals surface area contributed by atoms with Crippen molar-refractivity contribution < 1.29 is 9.53 Å². The SMILES string of the molecule is CCc1ccccc1C(=O)NCCOc1cccc(N)c1. The summed E-state index contributed by atoms with van der Waals surface area (Å²) in [6.07, 6.45) is 0.837. The Balaban J connectivity index is 1.82. The van der Waals surface area contributed by atoms with Crippen LogP contribution in [0.3, 0.4) is 0 Å². The topological polar surface area (TPSA) is 64.3 Å². The average Bonchev–Trinajstić information content (AvgIpc) is 2.51. The highest BCUT2D eigenvalue weighted by atomic mass is 16.5. The van der Waals surface area contributed by atoms with Crippen molar-refractivity contribution in [1.82, 2.24) is 5.32 Å². The predicted octanol–water partition coefficient (Wildman–Crippen LogP) is 2.64. The van der Waals surface area contributed by atoms with E-state index < -0.39 is 0 Å². The zero-order valence-corrected chi connectivity index (χ0v) is 12.1. The van der Waals surface area contributed by atoms with Crippen LogP contribution in [0, 0.1) is 0 Å². The second-order valence-corrected chi connectivity index (χ2v) is 4.69. The molecule has 0 aromatic heterocycles. The fourth-order valence-electron chi connectivity index (χ4n) is 2.08. The Morgan fingerprint density at radius 3 is 2.76 bits per heavy atom. The van der Waals surface area contributed by atoms with Gasteiger partial charge in [-0.25, -0.2) is 0 Å². The van der Waals surface area contributed by atoms with Crippen LogP contribution < -0.4 is 15.8 Å². The Labute approximate surface area is 124 Å². The highest BCUT2D eigenvalue weighted by Crippen LogP contribution is 2.14. The lowest BCUT2D eigenvalue weighted by atomic mass is 10.0. The normalized spacial score (nSPS) is 10.1. The van der Waals surface area contributed by atoms with E-state index in [0.717, 1.165) is 17.5 Å². The van der Waals surface area contributed by atoms with E-state index in [0.29, 0.717) is 24.6 Å². The number of rotatable bonds is 6. The number of aryl methyl sites for hydroxylation is 1. The maximum absolute atomic E-state index is 12.1. The van der Waals surface area contributed by atoms with Crippen LogP contribution in [-0.2, 0) is 6.42 Å². The zero-order valence-electron chi connectivity index (χ0n) is 12.1. The number of nitrogen functional groups attached to an aromatic ring is 1. The summed E-state index contributed by atoms with van der Waals surface area (Å²) in [4.78, 5) is 12.1. The van der Waals surface area contributed by atoms with Gasteiger partial charge in [-0.2, -0.15) is 0 Å². The maximum atomic E-state index is 12.1. The van der Waals surface area contributed by atoms with Gasteiger partial charge in [-0.15, -0.1) is 0 Å². The first-order chi connectivity index (χ1) is 10.2. The van der Waals surface area contributed by atoms with Crippen LogP contribution in [0.25, 0.3) is 0 Å². The summed E-state index contributed by atoms with van der Waals surface area (Å²) in [5, 5.41) is 2.86. The fraction of sp³-hybridized carbons (Fsp3) is 0.235. The van der Waals surface area contributed by atoms with Gasteiger partial charge >= 0.3 is 0 Å². The lowest BCUT2D eigenvalue weighted by Crippen LogP contribution is -2.28. The standard InChI is InChI=1S/C17H20N2O2/c1-2-13-6-3-4-9-16(13)17(20)19-10-11-21-15-8-5-7-14(18)12-15/h3-9,12H,2,10-11,18H2,1H3,(H,19,20). The smallest absolute Gasteiger partial charge is 0.251 e. The van der Waals surface area contributed by atoms with Crippen molar-refractivity contribution in [2.24, 2.45) is 0 Å². The van der Waals surface area contributed by atoms with Crippen molar-refractivity contribution in [1.29, 1.82) is 0 Å². The van der Waals surface area contributed by atoms with E-state index in [1.165, 1.54) is 0 Å². The fourth-order valence-corrected chi connectivity index (χ4v) is 2.08. The molecule has 110 valence electrons. The number of nitrogens with one attached hydrogen (secondary N) is 1. The summed E-state index contributed by atoms with van der Waals surface area (Å²) in [5.41, 5.74) is 8.10. The minimum atomic E-state index is -0.0661. The molecular formula is C17H20N2O2. The molecule has 0 saturated carbocycles. The third-order valence-electron chi connectivity index (χ3n) is 3.16. The first-order valence-electron chi connectivity index (χ1n) is 7.05. The van der Waals surface area contributed by atoms with E-state index in [1.54, 1.807) is 12.1 Å². The van der Waals surface area contributed by atoms with Crippen LogP contribution in [0.4, 0.5) is 5.69 Å². The molecule has 4 nitrogen and oxygen atoms in total. The molecule has 3 N–H and O–H groups in total. The second kappa shape index (κ2) is 7.33. The Morgan fingerprint density at radius 2 is 2.00 bits per heavy atom. The van der Waals surface area contributed by atoms with Gasteiger partial charge < -0.3 is 15.8 Å². The number of benzene rings is 2. The summed E-state index contributed by atoms with van der Waals surface area (Å²) >= 11 is 0. The van der Waals surface area contributed by atoms with Crippen LogP contribution >= 0.6 is 0 Å². The van der Waals surface area contributed by atoms with Gasteiger partial charge in [0.05, 0.1) is 6.54 Å². The van der Waals surface area contributed by atoms with E-state index in [-0.39, 0.29) is 5.91 Å². The van der Waals surface area contributed by atoms with Crippen LogP contribution in [0.5, 0.6) is 5.75 Å². The average molecular weight is 284 g/mol. The third-order valence-corrected chi connectivity index (χ3v) is 3.16. The van der Waals surface area contributed by atoms with Crippen molar-refractivity contribution in [3.05, 3.63) is 59.7 Å². The lowest BCUT2D eigenvalue weighted by molar-refractivity contribution is 0.0946. The van der Waals surface area contributed by atoms with Gasteiger partial charge in [0.25, 0.3) is 5.91 Å². The molecule has 0 radical (unpaired) electrons. The van der Waals surface area contributed by atoms with Gasteiger partial charge in [-0.05, 0) is 30.2 Å². The van der Waals surface area contributed by atoms with Gasteiger partial charge in [0.15, 0.2) is 0 Å². The molecule has 0 spiro atoms. The predicted molar refractivity (Wildman–Crippen MR) is 84.5 cm³/mol.